The van der Waals surface area contributed by atoms with E-state index < -0.39 is 0 Å². The second-order valence-electron chi connectivity index (χ2n) is 7.05. The molecule has 2 aromatic heterocycles. The van der Waals surface area contributed by atoms with Gasteiger partial charge in [0.2, 0.25) is 0 Å². The number of aromatic nitrogens is 3. The zero-order valence-electron chi connectivity index (χ0n) is 16.3. The zero-order chi connectivity index (χ0) is 20.5. The molecule has 7 nitrogen and oxygen atoms in total. The molecule has 1 aliphatic heterocycles. The number of aromatic amines is 1. The molecule has 2 aromatic carbocycles. The van der Waals surface area contributed by atoms with Gasteiger partial charge in [0.05, 0.1) is 23.7 Å². The van der Waals surface area contributed by atoms with Crippen molar-refractivity contribution >= 4 is 34.0 Å². The highest BCUT2D eigenvalue weighted by Gasteiger charge is 2.21. The average molecular weight is 420 g/mol. The molecule has 1 atom stereocenters. The molecule has 0 radical (unpaired) electrons. The molecule has 1 fully saturated rings. The van der Waals surface area contributed by atoms with Gasteiger partial charge in [0.1, 0.15) is 28.4 Å². The van der Waals surface area contributed by atoms with Gasteiger partial charge >= 0.3 is 0 Å². The van der Waals surface area contributed by atoms with E-state index >= 15 is 0 Å². The summed E-state index contributed by atoms with van der Waals surface area (Å²) in [4.78, 5) is 25.1. The summed E-state index contributed by atoms with van der Waals surface area (Å²) in [6, 6.07) is 13.2. The Balaban J connectivity index is 1.35. The lowest BCUT2D eigenvalue weighted by molar-refractivity contribution is 0.102. The molecule has 5 rings (SSSR count). The number of hydrogen-bond acceptors (Lipinski definition) is 6. The second-order valence-corrected chi connectivity index (χ2v) is 7.91. The number of fused-ring (bicyclic) bond motifs is 1. The van der Waals surface area contributed by atoms with E-state index in [-0.39, 0.29) is 12.0 Å². The number of nitrogens with zero attached hydrogens (tertiary/aromatic N) is 2. The number of carbonyl (C=O) groups is 1. The van der Waals surface area contributed by atoms with Crippen LogP contribution in [0.2, 0.25) is 0 Å². The summed E-state index contributed by atoms with van der Waals surface area (Å²) in [7, 11) is 1.62. The van der Waals surface area contributed by atoms with Gasteiger partial charge in [-0.15, -0.1) is 11.3 Å². The number of hydrogen-bond donors (Lipinski definition) is 2. The molecular weight excluding hydrogens is 400 g/mol. The molecule has 3 heterocycles. The summed E-state index contributed by atoms with van der Waals surface area (Å²) in [5.41, 5.74) is 3.63. The van der Waals surface area contributed by atoms with Crippen LogP contribution in [0.5, 0.6) is 5.75 Å². The molecule has 0 spiro atoms. The van der Waals surface area contributed by atoms with Gasteiger partial charge in [0.25, 0.3) is 5.91 Å². The Kier molecular flexibility index (Phi) is 4.94. The fourth-order valence-corrected chi connectivity index (χ4v) is 4.40. The van der Waals surface area contributed by atoms with Crippen LogP contribution in [0.4, 0.5) is 5.69 Å². The summed E-state index contributed by atoms with van der Waals surface area (Å²) in [6.07, 6.45) is 2.05. The van der Waals surface area contributed by atoms with Crippen LogP contribution in [0.1, 0.15) is 35.3 Å². The van der Waals surface area contributed by atoms with Crippen molar-refractivity contribution in [3.63, 3.8) is 0 Å². The third-order valence-corrected chi connectivity index (χ3v) is 5.94. The van der Waals surface area contributed by atoms with Crippen molar-refractivity contribution in [2.24, 2.45) is 0 Å². The first-order valence-corrected chi connectivity index (χ1v) is 10.6. The summed E-state index contributed by atoms with van der Waals surface area (Å²) in [5, 5.41) is 5.41. The third kappa shape index (κ3) is 3.55. The molecule has 2 N–H and O–H groups in total. The number of amides is 1. The lowest BCUT2D eigenvalue weighted by Gasteiger charge is -2.05. The van der Waals surface area contributed by atoms with E-state index in [0.717, 1.165) is 52.6 Å². The molecule has 4 aromatic rings. The largest absolute Gasteiger partial charge is 0.496 e. The number of rotatable bonds is 5. The summed E-state index contributed by atoms with van der Waals surface area (Å²) in [6.45, 7) is 0.771. The number of benzene rings is 2. The Labute approximate surface area is 177 Å². The van der Waals surface area contributed by atoms with Crippen LogP contribution in [0.3, 0.4) is 0 Å². The molecule has 0 aliphatic carbocycles. The van der Waals surface area contributed by atoms with Gasteiger partial charge in [-0.2, -0.15) is 0 Å². The number of nitrogens with one attached hydrogen (secondary N) is 2. The van der Waals surface area contributed by atoms with Crippen LogP contribution < -0.4 is 10.1 Å². The summed E-state index contributed by atoms with van der Waals surface area (Å²) in [5.74, 6) is 1.31. The number of para-hydroxylation sites is 1. The first kappa shape index (κ1) is 18.8. The highest BCUT2D eigenvalue weighted by molar-refractivity contribution is 7.13. The van der Waals surface area contributed by atoms with Crippen molar-refractivity contribution < 1.29 is 14.3 Å². The minimum atomic E-state index is -0.259. The Morgan fingerprint density at radius 3 is 3.00 bits per heavy atom. The van der Waals surface area contributed by atoms with Gasteiger partial charge in [0.15, 0.2) is 0 Å². The van der Waals surface area contributed by atoms with Gasteiger partial charge in [-0.3, -0.25) is 4.79 Å². The molecule has 152 valence electrons. The standard InChI is InChI=1S/C22H20N4O3S/c1-28-18-6-3-2-5-14(18)22-26-17(12-30-22)21(27)23-13-8-9-15-16(11-13)25-20(24-15)19-7-4-10-29-19/h2-3,5-6,8-9,11-12,19H,4,7,10H2,1H3,(H,23,27)(H,24,25). The lowest BCUT2D eigenvalue weighted by atomic mass is 10.2. The minimum absolute atomic E-state index is 0.0267. The molecular formula is C22H20N4O3S. The molecule has 1 saturated heterocycles. The van der Waals surface area contributed by atoms with Crippen molar-refractivity contribution in [2.75, 3.05) is 19.0 Å². The van der Waals surface area contributed by atoms with Crippen LogP contribution >= 0.6 is 11.3 Å². The Hall–Kier alpha value is -3.23. The maximum Gasteiger partial charge on any atom is 0.275 e. The number of H-pyrrole nitrogens is 1. The first-order valence-electron chi connectivity index (χ1n) is 9.73. The van der Waals surface area contributed by atoms with E-state index in [4.69, 9.17) is 9.47 Å². The van der Waals surface area contributed by atoms with Crippen molar-refractivity contribution in [1.29, 1.82) is 0 Å². The minimum Gasteiger partial charge on any atom is -0.496 e. The first-order chi connectivity index (χ1) is 14.7. The Morgan fingerprint density at radius 1 is 1.27 bits per heavy atom. The predicted molar refractivity (Wildman–Crippen MR) is 116 cm³/mol. The highest BCUT2D eigenvalue weighted by atomic mass is 32.1. The van der Waals surface area contributed by atoms with Crippen LogP contribution in [0, 0.1) is 0 Å². The molecule has 0 bridgehead atoms. The topological polar surface area (TPSA) is 89.1 Å². The van der Waals surface area contributed by atoms with Crippen molar-refractivity contribution in [2.45, 2.75) is 18.9 Å². The summed E-state index contributed by atoms with van der Waals surface area (Å²) < 4.78 is 11.1. The number of carbonyl (C=O) groups excluding carboxylic acids is 1. The molecule has 30 heavy (non-hydrogen) atoms. The molecule has 8 heteroatoms. The highest BCUT2D eigenvalue weighted by Crippen LogP contribution is 2.32. The van der Waals surface area contributed by atoms with Crippen molar-refractivity contribution in [1.82, 2.24) is 15.0 Å². The maximum absolute atomic E-state index is 12.7. The second kappa shape index (κ2) is 7.89. The molecule has 1 unspecified atom stereocenters. The van der Waals surface area contributed by atoms with Gasteiger partial charge in [-0.25, -0.2) is 9.97 Å². The van der Waals surface area contributed by atoms with E-state index in [1.807, 2.05) is 42.5 Å². The molecule has 1 amide bonds. The van der Waals surface area contributed by atoms with E-state index in [9.17, 15) is 4.79 Å². The Bertz CT molecular complexity index is 1210. The van der Waals surface area contributed by atoms with Gasteiger partial charge in [-0.1, -0.05) is 12.1 Å². The summed E-state index contributed by atoms with van der Waals surface area (Å²) >= 11 is 1.41. The van der Waals surface area contributed by atoms with Gasteiger partial charge in [0, 0.05) is 17.7 Å². The number of methoxy groups -OCH3 is 1. The van der Waals surface area contributed by atoms with E-state index in [1.54, 1.807) is 12.5 Å². The smallest absolute Gasteiger partial charge is 0.275 e. The van der Waals surface area contributed by atoms with Crippen molar-refractivity contribution in [3.8, 4) is 16.3 Å². The average Bonchev–Trinajstić information content (AvgIpc) is 3.53. The van der Waals surface area contributed by atoms with Gasteiger partial charge < -0.3 is 19.8 Å². The fourth-order valence-electron chi connectivity index (χ4n) is 3.57. The van der Waals surface area contributed by atoms with Gasteiger partial charge in [-0.05, 0) is 43.2 Å². The maximum atomic E-state index is 12.7. The monoisotopic (exact) mass is 420 g/mol. The molecule has 0 saturated carbocycles. The number of ether oxygens (including phenoxy) is 2. The van der Waals surface area contributed by atoms with Crippen LogP contribution in [-0.2, 0) is 4.74 Å². The third-order valence-electron chi connectivity index (χ3n) is 5.07. The van der Waals surface area contributed by atoms with Crippen molar-refractivity contribution in [3.05, 3.63) is 59.4 Å². The number of anilines is 1. The molecule has 1 aliphatic rings. The van der Waals surface area contributed by atoms with Crippen LogP contribution in [0.15, 0.2) is 47.8 Å². The lowest BCUT2D eigenvalue weighted by Crippen LogP contribution is -2.12. The predicted octanol–water partition coefficient (Wildman–Crippen LogP) is 4.80. The van der Waals surface area contributed by atoms with Crippen LogP contribution in [0.25, 0.3) is 21.6 Å². The fraction of sp³-hybridized carbons (Fsp3) is 0.227. The number of imidazole rings is 1. The zero-order valence-corrected chi connectivity index (χ0v) is 17.2. The Morgan fingerprint density at radius 2 is 2.17 bits per heavy atom. The quantitative estimate of drug-likeness (QED) is 0.484. The normalized spacial score (nSPS) is 16.1. The van der Waals surface area contributed by atoms with E-state index in [2.05, 4.69) is 20.3 Å². The SMILES string of the molecule is COc1ccccc1-c1nc(C(=O)Nc2ccc3nc(C4CCCO4)[nH]c3c2)cs1. The van der Waals surface area contributed by atoms with E-state index in [0.29, 0.717) is 11.4 Å². The number of thiazole rings is 1. The van der Waals surface area contributed by atoms with Crippen LogP contribution in [-0.4, -0.2) is 34.6 Å². The van der Waals surface area contributed by atoms with E-state index in [1.165, 1.54) is 11.3 Å².